The largest absolute Gasteiger partial charge is 0.369 e. The molecule has 0 aromatic carbocycles. The third kappa shape index (κ3) is 2.63. The van der Waals surface area contributed by atoms with E-state index >= 15 is 0 Å². The number of rotatable bonds is 4. The lowest BCUT2D eigenvalue weighted by Crippen LogP contribution is -2.08. The molecule has 0 aliphatic heterocycles. The molecule has 3 heterocycles. The Labute approximate surface area is 138 Å². The highest BCUT2D eigenvalue weighted by molar-refractivity contribution is 7.19. The van der Waals surface area contributed by atoms with Gasteiger partial charge in [0, 0.05) is 16.3 Å². The van der Waals surface area contributed by atoms with E-state index in [4.69, 9.17) is 0 Å². The molecule has 3 nitrogen and oxygen atoms in total. The van der Waals surface area contributed by atoms with Crippen LogP contribution in [0.5, 0.6) is 0 Å². The van der Waals surface area contributed by atoms with Crippen molar-refractivity contribution in [3.8, 4) is 0 Å². The second kappa shape index (κ2) is 5.97. The second-order valence-corrected chi connectivity index (χ2v) is 7.88. The number of aryl methyl sites for hydroxylation is 3. The van der Waals surface area contributed by atoms with Crippen molar-refractivity contribution in [1.82, 2.24) is 9.97 Å². The second-order valence-electron chi connectivity index (χ2n) is 5.77. The summed E-state index contributed by atoms with van der Waals surface area (Å²) in [6, 6.07) is 4.31. The van der Waals surface area contributed by atoms with Crippen molar-refractivity contribution in [2.45, 2.75) is 39.0 Å². The monoisotopic (exact) mass is 329 g/mol. The maximum Gasteiger partial charge on any atom is 0.138 e. The highest BCUT2D eigenvalue weighted by Gasteiger charge is 2.20. The van der Waals surface area contributed by atoms with E-state index in [1.165, 1.54) is 46.4 Å². The van der Waals surface area contributed by atoms with E-state index in [1.807, 2.05) is 29.6 Å². The molecule has 4 rings (SSSR count). The van der Waals surface area contributed by atoms with Gasteiger partial charge in [0.05, 0.1) is 5.39 Å². The molecule has 0 unspecified atom stereocenters. The predicted octanol–water partition coefficient (Wildman–Crippen LogP) is 4.59. The van der Waals surface area contributed by atoms with Crippen LogP contribution in [0.15, 0.2) is 17.5 Å². The van der Waals surface area contributed by atoms with Gasteiger partial charge < -0.3 is 5.32 Å². The molecule has 3 aromatic heterocycles. The lowest BCUT2D eigenvalue weighted by Gasteiger charge is -2.12. The van der Waals surface area contributed by atoms with Gasteiger partial charge in [0.25, 0.3) is 0 Å². The molecule has 0 saturated heterocycles. The van der Waals surface area contributed by atoms with Crippen LogP contribution in [-0.4, -0.2) is 16.5 Å². The average Bonchev–Trinajstić information content (AvgIpc) is 3.13. The molecule has 0 radical (unpaired) electrons. The fraction of sp³-hybridized carbons (Fsp3) is 0.412. The molecule has 22 heavy (non-hydrogen) atoms. The highest BCUT2D eigenvalue weighted by atomic mass is 32.1. The Hall–Kier alpha value is -1.46. The maximum absolute atomic E-state index is 4.69. The fourth-order valence-electron chi connectivity index (χ4n) is 3.15. The molecule has 5 heteroatoms. The van der Waals surface area contributed by atoms with Crippen LogP contribution in [0.3, 0.4) is 0 Å². The van der Waals surface area contributed by atoms with Crippen LogP contribution >= 0.6 is 22.7 Å². The van der Waals surface area contributed by atoms with Crippen LogP contribution in [0.25, 0.3) is 10.2 Å². The Kier molecular flexibility index (Phi) is 3.84. The van der Waals surface area contributed by atoms with E-state index in [-0.39, 0.29) is 0 Å². The molecule has 0 bridgehead atoms. The molecule has 0 fully saturated rings. The summed E-state index contributed by atoms with van der Waals surface area (Å²) in [5, 5.41) is 6.99. The number of thiophene rings is 2. The molecule has 0 saturated carbocycles. The van der Waals surface area contributed by atoms with Crippen molar-refractivity contribution in [2.24, 2.45) is 0 Å². The van der Waals surface area contributed by atoms with Crippen molar-refractivity contribution < 1.29 is 0 Å². The Bertz CT molecular complexity index is 790. The first-order valence-electron chi connectivity index (χ1n) is 7.86. The van der Waals surface area contributed by atoms with Crippen molar-refractivity contribution in [3.05, 3.63) is 38.7 Å². The Morgan fingerprint density at radius 3 is 3.00 bits per heavy atom. The normalized spacial score (nSPS) is 14.2. The van der Waals surface area contributed by atoms with Crippen molar-refractivity contribution in [2.75, 3.05) is 11.9 Å². The van der Waals surface area contributed by atoms with Crippen LogP contribution in [0.1, 0.15) is 34.0 Å². The summed E-state index contributed by atoms with van der Waals surface area (Å²) in [6.07, 6.45) is 6.05. The number of nitrogens with one attached hydrogen (secondary N) is 1. The zero-order valence-electron chi connectivity index (χ0n) is 12.7. The van der Waals surface area contributed by atoms with Crippen LogP contribution < -0.4 is 5.32 Å². The van der Waals surface area contributed by atoms with Crippen molar-refractivity contribution in [1.29, 1.82) is 0 Å². The molecule has 0 atom stereocenters. The first-order valence-corrected chi connectivity index (χ1v) is 9.56. The van der Waals surface area contributed by atoms with Crippen LogP contribution in [0.2, 0.25) is 0 Å². The molecule has 3 aromatic rings. The van der Waals surface area contributed by atoms with Crippen molar-refractivity contribution in [3.63, 3.8) is 0 Å². The van der Waals surface area contributed by atoms with Gasteiger partial charge >= 0.3 is 0 Å². The summed E-state index contributed by atoms with van der Waals surface area (Å²) < 4.78 is 0. The van der Waals surface area contributed by atoms with Crippen LogP contribution in [0, 0.1) is 6.92 Å². The van der Waals surface area contributed by atoms with Crippen LogP contribution in [0.4, 0.5) is 5.82 Å². The number of aromatic nitrogens is 2. The zero-order valence-corrected chi connectivity index (χ0v) is 14.3. The molecule has 0 amide bonds. The smallest absolute Gasteiger partial charge is 0.138 e. The molecule has 1 aliphatic rings. The lowest BCUT2D eigenvalue weighted by atomic mass is 9.97. The predicted molar refractivity (Wildman–Crippen MR) is 95.3 cm³/mol. The summed E-state index contributed by atoms with van der Waals surface area (Å²) in [5.74, 6) is 1.91. The van der Waals surface area contributed by atoms with E-state index in [2.05, 4.69) is 32.8 Å². The molecule has 114 valence electrons. The van der Waals surface area contributed by atoms with E-state index in [0.29, 0.717) is 0 Å². The third-order valence-corrected chi connectivity index (χ3v) is 6.29. The first kappa shape index (κ1) is 14.2. The summed E-state index contributed by atoms with van der Waals surface area (Å²) in [7, 11) is 0. The number of hydrogen-bond donors (Lipinski definition) is 1. The van der Waals surface area contributed by atoms with E-state index in [0.717, 1.165) is 29.4 Å². The number of anilines is 1. The molecular formula is C17H19N3S2. The van der Waals surface area contributed by atoms with Gasteiger partial charge in [-0.3, -0.25) is 0 Å². The lowest BCUT2D eigenvalue weighted by molar-refractivity contribution is 0.700. The fourth-order valence-corrected chi connectivity index (χ4v) is 5.17. The minimum Gasteiger partial charge on any atom is -0.369 e. The average molecular weight is 329 g/mol. The molecule has 0 spiro atoms. The van der Waals surface area contributed by atoms with Crippen molar-refractivity contribution >= 4 is 38.7 Å². The SMILES string of the molecule is Cc1nc(NCCc2cccs2)c2c3c(sc2n1)CCCC3. The van der Waals surface area contributed by atoms with Gasteiger partial charge in [0.1, 0.15) is 16.5 Å². The van der Waals surface area contributed by atoms with Gasteiger partial charge in [-0.1, -0.05) is 6.07 Å². The summed E-state index contributed by atoms with van der Waals surface area (Å²) in [5.41, 5.74) is 1.50. The van der Waals surface area contributed by atoms with E-state index < -0.39 is 0 Å². The van der Waals surface area contributed by atoms with Gasteiger partial charge in [-0.05, 0) is 56.0 Å². The highest BCUT2D eigenvalue weighted by Crippen LogP contribution is 2.38. The number of hydrogen-bond acceptors (Lipinski definition) is 5. The Balaban J connectivity index is 1.65. The van der Waals surface area contributed by atoms with Crippen LogP contribution in [-0.2, 0) is 19.3 Å². The minimum atomic E-state index is 0.865. The van der Waals surface area contributed by atoms with E-state index in [1.54, 1.807) is 0 Å². The van der Waals surface area contributed by atoms with Gasteiger partial charge in [-0.2, -0.15) is 0 Å². The molecular weight excluding hydrogens is 310 g/mol. The summed E-state index contributed by atoms with van der Waals surface area (Å²) in [4.78, 5) is 13.5. The Morgan fingerprint density at radius 2 is 2.14 bits per heavy atom. The third-order valence-electron chi connectivity index (χ3n) is 4.17. The number of nitrogens with zero attached hydrogens (tertiary/aromatic N) is 2. The Morgan fingerprint density at radius 1 is 1.23 bits per heavy atom. The molecule has 1 aliphatic carbocycles. The van der Waals surface area contributed by atoms with Gasteiger partial charge in [-0.15, -0.1) is 22.7 Å². The first-order chi connectivity index (χ1) is 10.8. The summed E-state index contributed by atoms with van der Waals surface area (Å²) >= 11 is 3.69. The van der Waals surface area contributed by atoms with Gasteiger partial charge in [0.2, 0.25) is 0 Å². The summed E-state index contributed by atoms with van der Waals surface area (Å²) in [6.45, 7) is 2.92. The maximum atomic E-state index is 4.69. The topological polar surface area (TPSA) is 37.8 Å². The van der Waals surface area contributed by atoms with Gasteiger partial charge in [0.15, 0.2) is 0 Å². The zero-order chi connectivity index (χ0) is 14.9. The minimum absolute atomic E-state index is 0.865. The van der Waals surface area contributed by atoms with E-state index in [9.17, 15) is 0 Å². The standard InChI is InChI=1S/C17H19N3S2/c1-11-19-16(18-9-8-12-5-4-10-21-12)15-13-6-2-3-7-14(13)22-17(15)20-11/h4-5,10H,2-3,6-9H2,1H3,(H,18,19,20). The van der Waals surface area contributed by atoms with Gasteiger partial charge in [-0.25, -0.2) is 9.97 Å². The quantitative estimate of drug-likeness (QED) is 0.760. The number of fused-ring (bicyclic) bond motifs is 3. The molecule has 1 N–H and O–H groups in total.